The van der Waals surface area contributed by atoms with Gasteiger partial charge >= 0.3 is 6.09 Å². The first-order chi connectivity index (χ1) is 18.5. The second kappa shape index (κ2) is 11.9. The highest BCUT2D eigenvalue weighted by molar-refractivity contribution is 7.13. The molecule has 1 aromatic carbocycles. The first-order valence-corrected chi connectivity index (χ1v) is 13.5. The van der Waals surface area contributed by atoms with Gasteiger partial charge in [0, 0.05) is 61.6 Å². The van der Waals surface area contributed by atoms with E-state index in [1.165, 1.54) is 23.5 Å². The molecule has 12 nitrogen and oxygen atoms in total. The van der Waals surface area contributed by atoms with E-state index in [-0.39, 0.29) is 34.7 Å². The summed E-state index contributed by atoms with van der Waals surface area (Å²) in [5.74, 6) is -1.41. The van der Waals surface area contributed by atoms with E-state index in [2.05, 4.69) is 20.5 Å². The van der Waals surface area contributed by atoms with Gasteiger partial charge in [-0.15, -0.1) is 11.3 Å². The summed E-state index contributed by atoms with van der Waals surface area (Å²) in [7, 11) is 5.43. The van der Waals surface area contributed by atoms with Crippen LogP contribution in [0.2, 0.25) is 0 Å². The maximum atomic E-state index is 13.3. The number of aromatic nitrogens is 1. The second-order valence-corrected chi connectivity index (χ2v) is 11.2. The van der Waals surface area contributed by atoms with Crippen molar-refractivity contribution in [3.05, 3.63) is 51.0 Å². The Balaban J connectivity index is 1.50. The highest BCUT2D eigenvalue weighted by Gasteiger charge is 2.37. The van der Waals surface area contributed by atoms with Gasteiger partial charge in [-0.1, -0.05) is 12.1 Å². The predicted molar refractivity (Wildman–Crippen MR) is 145 cm³/mol. The van der Waals surface area contributed by atoms with Crippen LogP contribution in [0.15, 0.2) is 24.3 Å². The number of fused-ring (bicyclic) bond motifs is 1. The molecule has 2 aromatic rings. The number of nitrogens with one attached hydrogen (secondary N) is 4. The van der Waals surface area contributed by atoms with Crippen molar-refractivity contribution >= 4 is 41.0 Å². The number of hydrogen-bond donors (Lipinski definition) is 5. The molecule has 0 bridgehead atoms. The summed E-state index contributed by atoms with van der Waals surface area (Å²) >= 11 is 1.37. The van der Waals surface area contributed by atoms with E-state index >= 15 is 0 Å². The van der Waals surface area contributed by atoms with Crippen LogP contribution in [0.3, 0.4) is 0 Å². The van der Waals surface area contributed by atoms with Gasteiger partial charge < -0.3 is 25.5 Å². The Morgan fingerprint density at radius 1 is 1.10 bits per heavy atom. The van der Waals surface area contributed by atoms with Crippen LogP contribution in [0.25, 0.3) is 0 Å². The van der Waals surface area contributed by atoms with Crippen LogP contribution in [0.4, 0.5) is 4.79 Å². The summed E-state index contributed by atoms with van der Waals surface area (Å²) in [4.78, 5) is 59.4. The minimum atomic E-state index is -1.37. The quantitative estimate of drug-likeness (QED) is 0.266. The number of thiazole rings is 1. The van der Waals surface area contributed by atoms with E-state index in [0.29, 0.717) is 24.3 Å². The second-order valence-electron chi connectivity index (χ2n) is 10.2. The molecule has 39 heavy (non-hydrogen) atoms. The number of likely N-dealkylation sites (N-methyl/N-ethyl adjacent to an activating group) is 1. The van der Waals surface area contributed by atoms with Crippen molar-refractivity contribution in [1.29, 1.82) is 5.41 Å². The summed E-state index contributed by atoms with van der Waals surface area (Å²) in [6, 6.07) is 5.16. The molecular formula is C26H33N7O5S. The fraction of sp³-hybridized carbons (Fsp3) is 0.462. The van der Waals surface area contributed by atoms with Gasteiger partial charge in [-0.3, -0.25) is 25.1 Å². The van der Waals surface area contributed by atoms with Crippen molar-refractivity contribution < 1.29 is 24.3 Å². The van der Waals surface area contributed by atoms with Crippen molar-refractivity contribution in [1.82, 2.24) is 30.7 Å². The molecule has 5 N–H and O–H groups in total. The predicted octanol–water partition coefficient (Wildman–Crippen LogP) is 1.51. The molecule has 1 aliphatic heterocycles. The maximum Gasteiger partial charge on any atom is 0.410 e. The molecule has 1 aliphatic carbocycles. The van der Waals surface area contributed by atoms with E-state index < -0.39 is 24.1 Å². The summed E-state index contributed by atoms with van der Waals surface area (Å²) in [5.41, 5.74) is 1.44. The number of amides is 4. The Hall–Kier alpha value is -3.84. The third-order valence-electron chi connectivity index (χ3n) is 7.03. The van der Waals surface area contributed by atoms with Crippen molar-refractivity contribution in [3.63, 3.8) is 0 Å². The first kappa shape index (κ1) is 28.2. The smallest absolute Gasteiger partial charge is 0.410 e. The lowest BCUT2D eigenvalue weighted by Gasteiger charge is -2.37. The van der Waals surface area contributed by atoms with Crippen molar-refractivity contribution in [2.75, 3.05) is 27.7 Å². The highest BCUT2D eigenvalue weighted by atomic mass is 32.1. The lowest BCUT2D eigenvalue weighted by atomic mass is 9.81. The maximum absolute atomic E-state index is 13.3. The fourth-order valence-corrected chi connectivity index (χ4v) is 6.08. The van der Waals surface area contributed by atoms with Gasteiger partial charge in [0.25, 0.3) is 11.8 Å². The Morgan fingerprint density at radius 3 is 2.54 bits per heavy atom. The van der Waals surface area contributed by atoms with E-state index in [9.17, 15) is 19.2 Å². The number of rotatable bonds is 6. The summed E-state index contributed by atoms with van der Waals surface area (Å²) < 4.78 is 0. The summed E-state index contributed by atoms with van der Waals surface area (Å²) in [5, 5.41) is 25.1. The monoisotopic (exact) mass is 555 g/mol. The molecular weight excluding hydrogens is 522 g/mol. The van der Waals surface area contributed by atoms with Gasteiger partial charge in [0.1, 0.15) is 5.84 Å². The standard InChI is InChI=1S/C26H33N7O5S/c1-32(2)25(36)16-7-8-17(28-22(34)15-6-4-5-14(11-15)21(27)31-26(37)38)19(12-16)29-23(35)24-30-18-9-10-33(3)13-20(18)39-24/h4-6,11,16-17,19H,7-10,12-13H2,1-3H3,(H2,27,31)(H,28,34)(H,29,35)(H,37,38)/t16-,17-,19+/m0/s1. The van der Waals surface area contributed by atoms with Crippen LogP contribution in [-0.2, 0) is 17.8 Å². The molecule has 0 saturated heterocycles. The number of carbonyl (C=O) groups excluding carboxylic acids is 3. The van der Waals surface area contributed by atoms with Gasteiger partial charge in [-0.25, -0.2) is 9.78 Å². The normalized spacial score (nSPS) is 20.8. The fourth-order valence-electron chi connectivity index (χ4n) is 4.99. The minimum absolute atomic E-state index is 0.0241. The third kappa shape index (κ3) is 6.79. The van der Waals surface area contributed by atoms with Gasteiger partial charge in [-0.2, -0.15) is 0 Å². The third-order valence-corrected chi connectivity index (χ3v) is 8.12. The molecule has 1 aromatic heterocycles. The van der Waals surface area contributed by atoms with E-state index in [4.69, 9.17) is 10.5 Å². The number of amidine groups is 1. The Labute approximate surface area is 230 Å². The topological polar surface area (TPSA) is 168 Å². The molecule has 1 fully saturated rings. The first-order valence-electron chi connectivity index (χ1n) is 12.7. The van der Waals surface area contributed by atoms with Crippen molar-refractivity contribution in [3.8, 4) is 0 Å². The van der Waals surface area contributed by atoms with Gasteiger partial charge in [-0.05, 0) is 38.4 Å². The zero-order valence-electron chi connectivity index (χ0n) is 22.1. The Morgan fingerprint density at radius 2 is 1.82 bits per heavy atom. The van der Waals surface area contributed by atoms with Gasteiger partial charge in [0.2, 0.25) is 5.91 Å². The molecule has 0 spiro atoms. The molecule has 3 atom stereocenters. The van der Waals surface area contributed by atoms with E-state index in [1.807, 2.05) is 12.4 Å². The average molecular weight is 556 g/mol. The lowest BCUT2D eigenvalue weighted by molar-refractivity contribution is -0.134. The molecule has 1 saturated carbocycles. The molecule has 4 amide bonds. The zero-order valence-corrected chi connectivity index (χ0v) is 22.9. The molecule has 4 rings (SSSR count). The zero-order chi connectivity index (χ0) is 28.3. The van der Waals surface area contributed by atoms with Crippen LogP contribution in [0, 0.1) is 11.3 Å². The molecule has 0 radical (unpaired) electrons. The largest absolute Gasteiger partial charge is 0.465 e. The SMILES string of the molecule is CN1CCc2nc(C(=O)N[C@@H]3C[C@@H](C(=O)N(C)C)CC[C@@H]3NC(=O)c3cccc(C(=N)NC(=O)O)c3)sc2C1. The van der Waals surface area contributed by atoms with Gasteiger partial charge in [0.15, 0.2) is 5.01 Å². The highest BCUT2D eigenvalue weighted by Crippen LogP contribution is 2.28. The van der Waals surface area contributed by atoms with Crippen LogP contribution >= 0.6 is 11.3 Å². The number of carbonyl (C=O) groups is 4. The van der Waals surface area contributed by atoms with Crippen molar-refractivity contribution in [2.24, 2.45) is 5.92 Å². The van der Waals surface area contributed by atoms with Crippen LogP contribution < -0.4 is 16.0 Å². The van der Waals surface area contributed by atoms with Crippen LogP contribution in [0.1, 0.15) is 55.6 Å². The summed E-state index contributed by atoms with van der Waals surface area (Å²) in [6.45, 7) is 1.64. The van der Waals surface area contributed by atoms with E-state index in [0.717, 1.165) is 30.1 Å². The molecule has 0 unspecified atom stereocenters. The minimum Gasteiger partial charge on any atom is -0.465 e. The lowest BCUT2D eigenvalue weighted by Crippen LogP contribution is -2.55. The Bertz CT molecular complexity index is 1290. The molecule has 13 heteroatoms. The van der Waals surface area contributed by atoms with E-state index in [1.54, 1.807) is 31.1 Å². The number of carboxylic acid groups (broad SMARTS) is 1. The van der Waals surface area contributed by atoms with Gasteiger partial charge in [0.05, 0.1) is 11.7 Å². The Kier molecular flexibility index (Phi) is 8.60. The van der Waals surface area contributed by atoms with Crippen molar-refractivity contribution in [2.45, 2.75) is 44.3 Å². The average Bonchev–Trinajstić information content (AvgIpc) is 3.32. The van der Waals surface area contributed by atoms with Crippen LogP contribution in [0.5, 0.6) is 0 Å². The number of benzene rings is 1. The molecule has 208 valence electrons. The summed E-state index contributed by atoms with van der Waals surface area (Å²) in [6.07, 6.45) is 0.825. The van der Waals surface area contributed by atoms with Crippen LogP contribution in [-0.4, -0.2) is 89.3 Å². The number of nitrogens with zero attached hydrogens (tertiary/aromatic N) is 3. The molecule has 2 aliphatic rings. The molecule has 2 heterocycles. The number of hydrogen-bond acceptors (Lipinski definition) is 8.